The van der Waals surface area contributed by atoms with Gasteiger partial charge < -0.3 is 0 Å². The third kappa shape index (κ3) is 7.17. The smallest absolute Gasteiger partial charge is 0.0942 e. The van der Waals surface area contributed by atoms with E-state index in [-0.39, 0.29) is 11.5 Å². The van der Waals surface area contributed by atoms with Crippen molar-refractivity contribution in [3.05, 3.63) is 32.1 Å². The first-order chi connectivity index (χ1) is 6.96. The van der Waals surface area contributed by atoms with Crippen LogP contribution < -0.4 is 0 Å². The van der Waals surface area contributed by atoms with Gasteiger partial charge in [-0.2, -0.15) is 0 Å². The second-order valence-corrected chi connectivity index (χ2v) is 6.33. The summed E-state index contributed by atoms with van der Waals surface area (Å²) >= 11 is 0.120. The predicted molar refractivity (Wildman–Crippen MR) is 69.9 cm³/mol. The summed E-state index contributed by atoms with van der Waals surface area (Å²) in [6.45, 7) is 0. The van der Waals surface area contributed by atoms with Gasteiger partial charge in [-0.15, -0.1) is 0 Å². The number of rotatable bonds is 3. The van der Waals surface area contributed by atoms with E-state index in [2.05, 4.69) is 55.2 Å². The van der Waals surface area contributed by atoms with E-state index < -0.39 is 0 Å². The SMILES string of the molecule is CN(C)[S+](N(C)C)N(C)C.[CH]1[CH][CH][CH][CH]1. The van der Waals surface area contributed by atoms with Gasteiger partial charge in [-0.3, -0.25) is 0 Å². The highest BCUT2D eigenvalue weighted by Gasteiger charge is 2.29. The molecule has 1 saturated carbocycles. The molecule has 1 rings (SSSR count). The van der Waals surface area contributed by atoms with Crippen LogP contribution in [-0.2, 0) is 11.5 Å². The Hall–Kier alpha value is 0.230. The number of hydrogen-bond acceptors (Lipinski definition) is 3. The molecule has 0 aromatic heterocycles. The lowest BCUT2D eigenvalue weighted by atomic mass is 10.4. The van der Waals surface area contributed by atoms with Crippen molar-refractivity contribution in [2.45, 2.75) is 0 Å². The molecule has 0 aromatic rings. The third-order valence-corrected chi connectivity index (χ3v) is 3.49. The minimum absolute atomic E-state index is 0.120. The molecule has 0 aliphatic heterocycles. The van der Waals surface area contributed by atoms with Crippen LogP contribution >= 0.6 is 0 Å². The Morgan fingerprint density at radius 1 is 0.533 bits per heavy atom. The van der Waals surface area contributed by atoms with Gasteiger partial charge >= 0.3 is 0 Å². The second-order valence-electron chi connectivity index (χ2n) is 3.64. The highest BCUT2D eigenvalue weighted by molar-refractivity contribution is 7.90. The molecule has 0 atom stereocenters. The Morgan fingerprint density at radius 2 is 0.733 bits per heavy atom. The van der Waals surface area contributed by atoms with Gasteiger partial charge in [0.1, 0.15) is 0 Å². The molecular formula is C11H23N3S+. The summed E-state index contributed by atoms with van der Waals surface area (Å²) in [5.74, 6) is 0. The quantitative estimate of drug-likeness (QED) is 0.670. The largest absolute Gasteiger partial charge is 0.266 e. The van der Waals surface area contributed by atoms with E-state index in [1.807, 2.05) is 32.1 Å². The van der Waals surface area contributed by atoms with Gasteiger partial charge in [0.2, 0.25) is 0 Å². The van der Waals surface area contributed by atoms with Gasteiger partial charge in [0.15, 0.2) is 0 Å². The molecule has 0 heterocycles. The first-order valence-electron chi connectivity index (χ1n) is 4.90. The van der Waals surface area contributed by atoms with E-state index in [0.717, 1.165) is 0 Å². The van der Waals surface area contributed by atoms with Gasteiger partial charge in [-0.05, 0) is 32.1 Å². The molecule has 0 spiro atoms. The minimum atomic E-state index is 0.120. The predicted octanol–water partition coefficient (Wildman–Crippen LogP) is 1.06. The third-order valence-electron chi connectivity index (χ3n) is 1.54. The zero-order valence-electron chi connectivity index (χ0n) is 10.6. The molecule has 5 radical (unpaired) electrons. The Balaban J connectivity index is 0.000000322. The van der Waals surface area contributed by atoms with E-state index in [4.69, 9.17) is 0 Å². The molecule has 1 aliphatic carbocycles. The molecule has 87 valence electrons. The van der Waals surface area contributed by atoms with Gasteiger partial charge in [0.05, 0.1) is 0 Å². The maximum absolute atomic E-state index is 2.19. The van der Waals surface area contributed by atoms with Crippen LogP contribution in [0.25, 0.3) is 0 Å². The van der Waals surface area contributed by atoms with Crippen molar-refractivity contribution in [3.63, 3.8) is 0 Å². The van der Waals surface area contributed by atoms with Crippen LogP contribution in [0.4, 0.5) is 0 Å². The lowest BCUT2D eigenvalue weighted by molar-refractivity contribution is 0.511. The number of hydrogen-bond donors (Lipinski definition) is 0. The first-order valence-corrected chi connectivity index (χ1v) is 5.99. The van der Waals surface area contributed by atoms with Crippen LogP contribution in [0.5, 0.6) is 0 Å². The average Bonchev–Trinajstić information content (AvgIpc) is 2.56. The maximum Gasteiger partial charge on any atom is 0.266 e. The molecule has 1 fully saturated rings. The zero-order valence-corrected chi connectivity index (χ0v) is 11.5. The molecule has 0 aromatic carbocycles. The average molecular weight is 229 g/mol. The van der Waals surface area contributed by atoms with E-state index in [0.29, 0.717) is 0 Å². The Labute approximate surface area is 99.2 Å². The summed E-state index contributed by atoms with van der Waals surface area (Å²) in [6.07, 6.45) is 10.0. The van der Waals surface area contributed by atoms with Crippen LogP contribution in [0.15, 0.2) is 0 Å². The van der Waals surface area contributed by atoms with Crippen LogP contribution in [-0.4, -0.2) is 55.2 Å². The topological polar surface area (TPSA) is 9.72 Å². The van der Waals surface area contributed by atoms with Crippen molar-refractivity contribution in [1.82, 2.24) is 12.9 Å². The fourth-order valence-corrected chi connectivity index (χ4v) is 3.26. The van der Waals surface area contributed by atoms with Crippen molar-refractivity contribution in [3.8, 4) is 0 Å². The minimum Gasteiger partial charge on any atom is -0.0942 e. The molecular weight excluding hydrogens is 206 g/mol. The summed E-state index contributed by atoms with van der Waals surface area (Å²) in [7, 11) is 12.5. The first kappa shape index (κ1) is 15.2. The summed E-state index contributed by atoms with van der Waals surface area (Å²) in [5, 5.41) is 0. The van der Waals surface area contributed by atoms with Crippen molar-refractivity contribution in [2.75, 3.05) is 42.3 Å². The van der Waals surface area contributed by atoms with Crippen molar-refractivity contribution < 1.29 is 0 Å². The van der Waals surface area contributed by atoms with Crippen molar-refractivity contribution in [2.24, 2.45) is 0 Å². The van der Waals surface area contributed by atoms with Crippen LogP contribution in [0.1, 0.15) is 0 Å². The molecule has 4 heteroatoms. The standard InChI is InChI=1S/C6H18N3S.C5H5/c1-7(2)10(8(3)4)9(5)6;1-2-4-5-3-1/h1-6H3;1-5H/q+1;. The fourth-order valence-electron chi connectivity index (χ4n) is 1.30. The monoisotopic (exact) mass is 229 g/mol. The summed E-state index contributed by atoms with van der Waals surface area (Å²) in [5.41, 5.74) is 0. The van der Waals surface area contributed by atoms with E-state index in [1.54, 1.807) is 0 Å². The van der Waals surface area contributed by atoms with Crippen LogP contribution in [0.2, 0.25) is 0 Å². The molecule has 15 heavy (non-hydrogen) atoms. The van der Waals surface area contributed by atoms with Gasteiger partial charge in [0.25, 0.3) is 11.5 Å². The molecule has 3 nitrogen and oxygen atoms in total. The molecule has 1 aliphatic rings. The van der Waals surface area contributed by atoms with Gasteiger partial charge in [0, 0.05) is 42.3 Å². The van der Waals surface area contributed by atoms with Gasteiger partial charge in [-0.1, -0.05) is 12.9 Å². The van der Waals surface area contributed by atoms with Gasteiger partial charge in [-0.25, -0.2) is 0 Å². The van der Waals surface area contributed by atoms with Crippen molar-refractivity contribution in [1.29, 1.82) is 0 Å². The number of nitrogens with zero attached hydrogens (tertiary/aromatic N) is 3. The molecule has 0 bridgehead atoms. The zero-order chi connectivity index (χ0) is 11.8. The normalized spacial score (nSPS) is 16.4. The highest BCUT2D eigenvalue weighted by atomic mass is 32.2. The maximum atomic E-state index is 2.19. The molecule has 0 amide bonds. The van der Waals surface area contributed by atoms with Crippen molar-refractivity contribution >= 4 is 11.5 Å². The Kier molecular flexibility index (Phi) is 8.52. The molecule has 0 unspecified atom stereocenters. The molecule has 0 N–H and O–H groups in total. The van der Waals surface area contributed by atoms with E-state index in [1.165, 1.54) is 0 Å². The highest BCUT2D eigenvalue weighted by Crippen LogP contribution is 2.08. The van der Waals surface area contributed by atoms with E-state index in [9.17, 15) is 0 Å². The van der Waals surface area contributed by atoms with Crippen LogP contribution in [0, 0.1) is 32.1 Å². The van der Waals surface area contributed by atoms with E-state index >= 15 is 0 Å². The Morgan fingerprint density at radius 3 is 0.800 bits per heavy atom. The fraction of sp³-hybridized carbons (Fsp3) is 0.545. The second kappa shape index (κ2) is 8.39. The lowest BCUT2D eigenvalue weighted by Gasteiger charge is -2.20. The summed E-state index contributed by atoms with van der Waals surface area (Å²) in [4.78, 5) is 0. The summed E-state index contributed by atoms with van der Waals surface area (Å²) in [6, 6.07) is 0. The molecule has 0 saturated heterocycles. The summed E-state index contributed by atoms with van der Waals surface area (Å²) < 4.78 is 6.58. The Bertz CT molecular complexity index is 118. The lowest BCUT2D eigenvalue weighted by Crippen LogP contribution is -2.44. The van der Waals surface area contributed by atoms with Crippen LogP contribution in [0.3, 0.4) is 0 Å².